The number of benzene rings is 2. The second kappa shape index (κ2) is 12.9. The number of anilines is 1. The number of fused-ring (bicyclic) bond motifs is 1. The topological polar surface area (TPSA) is 191 Å². The summed E-state index contributed by atoms with van der Waals surface area (Å²) in [6, 6.07) is 15.5. The molecule has 2 heterocycles. The molecule has 40 heavy (non-hydrogen) atoms. The van der Waals surface area contributed by atoms with Gasteiger partial charge in [-0.05, 0) is 53.5 Å². The Labute approximate surface area is 228 Å². The van der Waals surface area contributed by atoms with E-state index < -0.39 is 26.9 Å². The second-order valence-corrected chi connectivity index (χ2v) is 10.2. The maximum absolute atomic E-state index is 13.1. The lowest BCUT2D eigenvalue weighted by Gasteiger charge is -2.21. The summed E-state index contributed by atoms with van der Waals surface area (Å²) in [6.45, 7) is 0.238. The van der Waals surface area contributed by atoms with Gasteiger partial charge in [-0.25, -0.2) is 4.63 Å². The monoisotopic (exact) mass is 567 g/mol. The average Bonchev–Trinajstić information content (AvgIpc) is 3.45. The van der Waals surface area contributed by atoms with E-state index in [1.807, 2.05) is 0 Å². The van der Waals surface area contributed by atoms with Gasteiger partial charge in [0, 0.05) is 30.8 Å². The van der Waals surface area contributed by atoms with E-state index >= 15 is 0 Å². The van der Waals surface area contributed by atoms with Gasteiger partial charge in [0.15, 0.2) is 5.52 Å². The van der Waals surface area contributed by atoms with Crippen molar-refractivity contribution >= 4 is 44.4 Å². The average molecular weight is 568 g/mol. The molecule has 2 aromatic heterocycles. The highest BCUT2D eigenvalue weighted by molar-refractivity contribution is 7.88. The molecule has 0 radical (unpaired) electrons. The third-order valence-corrected chi connectivity index (χ3v) is 7.17. The molecule has 0 fully saturated rings. The number of unbranched alkanes of at least 4 members (excludes halogenated alkanes) is 2. The summed E-state index contributed by atoms with van der Waals surface area (Å²) in [5, 5.41) is 21.5. The molecule has 0 bridgehead atoms. The normalized spacial score (nSPS) is 11.3. The van der Waals surface area contributed by atoms with Crippen LogP contribution in [-0.2, 0) is 21.5 Å². The van der Waals surface area contributed by atoms with Crippen LogP contribution in [0.3, 0.4) is 0 Å². The fraction of sp³-hybridized carbons (Fsp3) is 0.240. The number of pyridine rings is 1. The van der Waals surface area contributed by atoms with Crippen LogP contribution in [0.5, 0.6) is 0 Å². The van der Waals surface area contributed by atoms with E-state index in [9.17, 15) is 28.1 Å². The Bertz CT molecular complexity index is 1600. The maximum atomic E-state index is 13.1. The van der Waals surface area contributed by atoms with Crippen LogP contribution < -0.4 is 10.0 Å². The first-order valence-corrected chi connectivity index (χ1v) is 13.7. The summed E-state index contributed by atoms with van der Waals surface area (Å²) in [5.41, 5.74) is 1.01. The molecule has 0 aliphatic rings. The van der Waals surface area contributed by atoms with Crippen molar-refractivity contribution in [1.82, 2.24) is 24.3 Å². The number of hydrogen-bond donors (Lipinski definition) is 2. The first-order chi connectivity index (χ1) is 19.3. The summed E-state index contributed by atoms with van der Waals surface area (Å²) in [5.74, 6) is -1.81. The van der Waals surface area contributed by atoms with Crippen LogP contribution in [-0.4, -0.2) is 51.3 Å². The smallest absolute Gasteiger partial charge is 0.311 e. The number of carbonyl (C=O) groups excluding carboxylic acids is 2. The summed E-state index contributed by atoms with van der Waals surface area (Å²) < 4.78 is 33.3. The number of non-ortho nitro benzene ring substituents is 1. The molecule has 208 valence electrons. The molecule has 0 aliphatic carbocycles. The third kappa shape index (κ3) is 6.81. The van der Waals surface area contributed by atoms with Gasteiger partial charge in [0.05, 0.1) is 22.8 Å². The minimum Gasteiger partial charge on any atom is -0.383 e. The molecular formula is C25H25N7O7S. The molecule has 2 amide bonds. The van der Waals surface area contributed by atoms with Crippen molar-refractivity contribution in [2.45, 2.75) is 32.2 Å². The Kier molecular flexibility index (Phi) is 9.08. The van der Waals surface area contributed by atoms with E-state index in [1.165, 1.54) is 30.5 Å². The molecule has 0 aliphatic heterocycles. The lowest BCUT2D eigenvalue weighted by molar-refractivity contribution is -0.383. The van der Waals surface area contributed by atoms with Crippen molar-refractivity contribution in [2.75, 3.05) is 11.9 Å². The van der Waals surface area contributed by atoms with E-state index in [-0.39, 0.29) is 39.6 Å². The van der Waals surface area contributed by atoms with Gasteiger partial charge in [0.1, 0.15) is 0 Å². The van der Waals surface area contributed by atoms with Crippen LogP contribution in [0.15, 0.2) is 71.5 Å². The number of amides is 2. The highest BCUT2D eigenvalue weighted by atomic mass is 32.2. The van der Waals surface area contributed by atoms with Gasteiger partial charge in [-0.1, -0.05) is 30.7 Å². The number of rotatable bonds is 13. The summed E-state index contributed by atoms with van der Waals surface area (Å²) in [6.07, 6.45) is 2.74. The zero-order valence-corrected chi connectivity index (χ0v) is 21.9. The van der Waals surface area contributed by atoms with Crippen molar-refractivity contribution < 1.29 is 27.6 Å². The Morgan fingerprint density at radius 2 is 1.70 bits per heavy atom. The second-order valence-electron chi connectivity index (χ2n) is 8.56. The molecule has 0 spiro atoms. The summed E-state index contributed by atoms with van der Waals surface area (Å²) in [7, 11) is -4.51. The molecule has 0 saturated carbocycles. The molecule has 15 heteroatoms. The van der Waals surface area contributed by atoms with E-state index in [2.05, 4.69) is 30.0 Å². The van der Waals surface area contributed by atoms with Gasteiger partial charge in [-0.3, -0.25) is 24.7 Å². The van der Waals surface area contributed by atoms with Crippen LogP contribution in [0.4, 0.5) is 11.4 Å². The van der Waals surface area contributed by atoms with Gasteiger partial charge in [-0.2, -0.15) is 17.4 Å². The molecule has 0 unspecified atom stereocenters. The molecule has 14 nitrogen and oxygen atoms in total. The van der Waals surface area contributed by atoms with Crippen molar-refractivity contribution in [3.8, 4) is 0 Å². The number of hydrogen-bond acceptors (Lipinski definition) is 11. The quantitative estimate of drug-likeness (QED) is 0.137. The predicted octanol–water partition coefficient (Wildman–Crippen LogP) is 3.20. The standard InChI is InChI=1S/C25H25N7O7S/c33-22(12-5-2-7-16-27-20-13-14-21(32(35)36)24-23(20)29-39-30-24)31(25(34)18-9-3-1-4-10-18)40(37,38)28-17-19-11-6-8-15-26-19/h1,3-4,6,8-11,13-15,27-28H,2,5,7,12,16-17H2. The van der Waals surface area contributed by atoms with Crippen LogP contribution in [0, 0.1) is 10.1 Å². The Balaban J connectivity index is 1.34. The Hall–Kier alpha value is -4.76. The minimum atomic E-state index is -4.51. The number of nitrogens with zero attached hydrogens (tertiary/aromatic N) is 5. The number of nitro groups is 1. The van der Waals surface area contributed by atoms with E-state index in [0.717, 1.165) is 0 Å². The molecule has 4 aromatic rings. The lowest BCUT2D eigenvalue weighted by atomic mass is 10.1. The van der Waals surface area contributed by atoms with Crippen molar-refractivity contribution in [3.63, 3.8) is 0 Å². The van der Waals surface area contributed by atoms with E-state index in [0.29, 0.717) is 37.2 Å². The molecule has 0 atom stereocenters. The largest absolute Gasteiger partial charge is 0.383 e. The molecule has 2 N–H and O–H groups in total. The van der Waals surface area contributed by atoms with Gasteiger partial charge in [-0.15, -0.1) is 0 Å². The number of aromatic nitrogens is 3. The van der Waals surface area contributed by atoms with Crippen LogP contribution in [0.1, 0.15) is 41.7 Å². The van der Waals surface area contributed by atoms with E-state index in [4.69, 9.17) is 0 Å². The summed E-state index contributed by atoms with van der Waals surface area (Å²) in [4.78, 5) is 40.7. The lowest BCUT2D eigenvalue weighted by Crippen LogP contribution is -2.47. The molecule has 2 aromatic carbocycles. The number of nitrogens with one attached hydrogen (secondary N) is 2. The van der Waals surface area contributed by atoms with Gasteiger partial charge in [0.25, 0.3) is 5.91 Å². The van der Waals surface area contributed by atoms with Crippen molar-refractivity contribution in [3.05, 3.63) is 88.2 Å². The van der Waals surface area contributed by atoms with Gasteiger partial charge in [0.2, 0.25) is 11.4 Å². The first kappa shape index (κ1) is 28.3. The van der Waals surface area contributed by atoms with E-state index in [1.54, 1.807) is 36.4 Å². The zero-order chi connectivity index (χ0) is 28.5. The first-order valence-electron chi connectivity index (χ1n) is 12.2. The Morgan fingerprint density at radius 1 is 0.950 bits per heavy atom. The van der Waals surface area contributed by atoms with Crippen LogP contribution in [0.25, 0.3) is 11.0 Å². The molecule has 4 rings (SSSR count). The summed E-state index contributed by atoms with van der Waals surface area (Å²) >= 11 is 0. The highest BCUT2D eigenvalue weighted by Crippen LogP contribution is 2.28. The van der Waals surface area contributed by atoms with Crippen molar-refractivity contribution in [2.24, 2.45) is 0 Å². The fourth-order valence-electron chi connectivity index (χ4n) is 3.83. The fourth-order valence-corrected chi connectivity index (χ4v) is 4.98. The zero-order valence-electron chi connectivity index (χ0n) is 21.1. The van der Waals surface area contributed by atoms with Gasteiger partial charge < -0.3 is 5.32 Å². The number of nitro benzene ring substituents is 1. The van der Waals surface area contributed by atoms with Crippen LogP contribution >= 0.6 is 0 Å². The molecular weight excluding hydrogens is 542 g/mol. The van der Waals surface area contributed by atoms with Crippen molar-refractivity contribution in [1.29, 1.82) is 0 Å². The molecule has 0 saturated heterocycles. The third-order valence-electron chi connectivity index (χ3n) is 5.81. The number of carbonyl (C=O) groups is 2. The minimum absolute atomic E-state index is 0.0293. The van der Waals surface area contributed by atoms with Crippen LogP contribution in [0.2, 0.25) is 0 Å². The highest BCUT2D eigenvalue weighted by Gasteiger charge is 2.34. The maximum Gasteiger partial charge on any atom is 0.311 e. The predicted molar refractivity (Wildman–Crippen MR) is 143 cm³/mol. The Morgan fingerprint density at radius 3 is 2.42 bits per heavy atom. The SMILES string of the molecule is O=C(CCCCCNc1ccc([N+](=O)[O-])c2nonc12)N(C(=O)c1ccccc1)S(=O)(=O)NCc1ccccn1. The number of imide groups is 1. The van der Waals surface area contributed by atoms with Gasteiger partial charge >= 0.3 is 15.9 Å².